The van der Waals surface area contributed by atoms with E-state index >= 15 is 0 Å². The molecule has 14 heteroatoms. The smallest absolute Gasteiger partial charge is 0.401 e. The van der Waals surface area contributed by atoms with Crippen LogP contribution in [0.5, 0.6) is 0 Å². The van der Waals surface area contributed by atoms with Crippen molar-refractivity contribution in [1.29, 1.82) is 0 Å². The number of hydrogen-bond donors (Lipinski definition) is 1. The van der Waals surface area contributed by atoms with Gasteiger partial charge in [0.1, 0.15) is 0 Å². The Labute approximate surface area is 91.4 Å². The van der Waals surface area contributed by atoms with Crippen LogP contribution in [-0.4, -0.2) is 36.9 Å². The van der Waals surface area contributed by atoms with Crippen molar-refractivity contribution in [2.75, 3.05) is 0 Å². The summed E-state index contributed by atoms with van der Waals surface area (Å²) in [6.07, 6.45) is -25.2. The molecule has 0 aromatic carbocycles. The maximum absolute atomic E-state index is 11.9. The molecule has 0 saturated heterocycles. The minimum absolute atomic E-state index is 2.23. The molecule has 0 rings (SSSR count). The number of halogens is 10. The predicted octanol–water partition coefficient (Wildman–Crippen LogP) is 2.31. The molecule has 0 radical (unpaired) electrons. The first-order valence-corrected chi connectivity index (χ1v) is 3.53. The van der Waals surface area contributed by atoms with E-state index in [-0.39, 0.29) is 0 Å². The molecule has 0 spiro atoms. The molecule has 3 nitrogen and oxygen atoms in total. The Hall–Kier alpha value is -0.755. The van der Waals surface area contributed by atoms with Gasteiger partial charge in [-0.3, -0.25) is 0 Å². The van der Waals surface area contributed by atoms with Crippen molar-refractivity contribution < 1.29 is 58.2 Å². The molecular formula is C4HBF10O3. The van der Waals surface area contributed by atoms with Crippen LogP contribution in [0.3, 0.4) is 0 Å². The second kappa shape index (κ2) is 4.73. The van der Waals surface area contributed by atoms with Gasteiger partial charge in [0.05, 0.1) is 0 Å². The molecule has 1 N–H and O–H groups in total. The van der Waals surface area contributed by atoms with E-state index < -0.39 is 31.9 Å². The van der Waals surface area contributed by atoms with E-state index in [1.54, 1.807) is 0 Å². The topological polar surface area (TPSA) is 38.7 Å². The van der Waals surface area contributed by atoms with Crippen LogP contribution in [0.2, 0.25) is 0 Å². The van der Waals surface area contributed by atoms with Gasteiger partial charge >= 0.3 is 31.9 Å². The Morgan fingerprint density at radius 2 is 0.833 bits per heavy atom. The van der Waals surface area contributed by atoms with Gasteiger partial charge in [0.15, 0.2) is 0 Å². The first kappa shape index (κ1) is 17.2. The van der Waals surface area contributed by atoms with Crippen molar-refractivity contribution in [3.63, 3.8) is 0 Å². The third-order valence-electron chi connectivity index (χ3n) is 1.16. The second-order valence-electron chi connectivity index (χ2n) is 2.57. The SMILES string of the molecule is OB(OC(F)(F)C(F)(F)F)OC(F)(F)C(F)(F)F. The molecular weight excluding hydrogens is 297 g/mol. The molecule has 0 aliphatic rings. The van der Waals surface area contributed by atoms with Crippen molar-refractivity contribution in [3.05, 3.63) is 0 Å². The van der Waals surface area contributed by atoms with Gasteiger partial charge in [0.25, 0.3) is 0 Å². The minimum Gasteiger partial charge on any atom is -0.401 e. The van der Waals surface area contributed by atoms with Crippen LogP contribution in [0.4, 0.5) is 43.9 Å². The summed E-state index contributed by atoms with van der Waals surface area (Å²) >= 11 is 0. The van der Waals surface area contributed by atoms with Crippen molar-refractivity contribution >= 4 is 7.32 Å². The zero-order valence-corrected chi connectivity index (χ0v) is 7.62. The van der Waals surface area contributed by atoms with E-state index in [0.717, 1.165) is 0 Å². The lowest BCUT2D eigenvalue weighted by Gasteiger charge is -2.24. The summed E-state index contributed by atoms with van der Waals surface area (Å²) < 4.78 is 121. The molecule has 18 heavy (non-hydrogen) atoms. The number of alkyl halides is 10. The van der Waals surface area contributed by atoms with Crippen LogP contribution in [0.25, 0.3) is 0 Å². The van der Waals surface area contributed by atoms with Crippen molar-refractivity contribution in [2.24, 2.45) is 0 Å². The average molecular weight is 298 g/mol. The lowest BCUT2D eigenvalue weighted by atomic mass is 10.2. The fraction of sp³-hybridized carbons (Fsp3) is 1.00. The number of rotatable bonds is 4. The minimum atomic E-state index is -6.44. The molecule has 0 amide bonds. The third kappa shape index (κ3) is 4.17. The van der Waals surface area contributed by atoms with Gasteiger partial charge < -0.3 is 14.3 Å². The van der Waals surface area contributed by atoms with E-state index in [0.29, 0.717) is 0 Å². The molecule has 0 aliphatic carbocycles. The molecule has 0 aromatic rings. The van der Waals surface area contributed by atoms with Crippen LogP contribution in [0.15, 0.2) is 0 Å². The molecule has 0 fully saturated rings. The van der Waals surface area contributed by atoms with E-state index in [1.807, 2.05) is 0 Å². The standard InChI is InChI=1S/C4HBF10O3/c6-1(7,8)3(12,13)17-5(16)18-4(14,15)2(9,10)11/h16H. The Balaban J connectivity index is 4.69. The summed E-state index contributed by atoms with van der Waals surface area (Å²) in [7, 11) is -4.15. The molecule has 0 aromatic heterocycles. The Bertz CT molecular complexity index is 256. The lowest BCUT2D eigenvalue weighted by molar-refractivity contribution is -0.393. The zero-order chi connectivity index (χ0) is 15.0. The molecule has 0 atom stereocenters. The van der Waals surface area contributed by atoms with E-state index in [4.69, 9.17) is 5.02 Å². The van der Waals surface area contributed by atoms with Crippen LogP contribution in [0, 0.1) is 0 Å². The predicted molar refractivity (Wildman–Crippen MR) is 32.1 cm³/mol. The van der Waals surface area contributed by atoms with Gasteiger partial charge in [-0.15, -0.1) is 0 Å². The zero-order valence-electron chi connectivity index (χ0n) is 7.62. The average Bonchev–Trinajstić information content (AvgIpc) is 1.95. The molecule has 108 valence electrons. The Morgan fingerprint density at radius 1 is 0.611 bits per heavy atom. The first-order valence-electron chi connectivity index (χ1n) is 3.53. The van der Waals surface area contributed by atoms with Crippen LogP contribution < -0.4 is 0 Å². The van der Waals surface area contributed by atoms with E-state index in [9.17, 15) is 43.9 Å². The summed E-state index contributed by atoms with van der Waals surface area (Å²) in [6.45, 7) is 0. The van der Waals surface area contributed by atoms with Gasteiger partial charge in [0.2, 0.25) is 0 Å². The molecule has 0 unspecified atom stereocenters. The molecule has 0 bridgehead atoms. The first-order chi connectivity index (χ1) is 7.60. The van der Waals surface area contributed by atoms with Crippen molar-refractivity contribution in [3.8, 4) is 0 Å². The molecule has 0 heterocycles. The normalized spacial score (nSPS) is 14.8. The van der Waals surface area contributed by atoms with Crippen LogP contribution in [0.1, 0.15) is 0 Å². The van der Waals surface area contributed by atoms with Gasteiger partial charge in [-0.2, -0.15) is 43.9 Å². The van der Waals surface area contributed by atoms with Crippen LogP contribution >= 0.6 is 0 Å². The summed E-state index contributed by atoms with van der Waals surface area (Å²) in [6, 6.07) is 0. The fourth-order valence-corrected chi connectivity index (χ4v) is 0.411. The third-order valence-corrected chi connectivity index (χ3v) is 1.16. The van der Waals surface area contributed by atoms with Gasteiger partial charge in [-0.05, 0) is 0 Å². The van der Waals surface area contributed by atoms with Crippen LogP contribution in [-0.2, 0) is 9.31 Å². The van der Waals surface area contributed by atoms with E-state index in [1.165, 1.54) is 0 Å². The molecule has 0 aliphatic heterocycles. The quantitative estimate of drug-likeness (QED) is 0.639. The highest BCUT2D eigenvalue weighted by atomic mass is 19.4. The largest absolute Gasteiger partial charge is 0.645 e. The Kier molecular flexibility index (Phi) is 4.53. The monoisotopic (exact) mass is 298 g/mol. The summed E-state index contributed by atoms with van der Waals surface area (Å²) in [4.78, 5) is 0. The van der Waals surface area contributed by atoms with Gasteiger partial charge in [0, 0.05) is 0 Å². The molecule has 0 saturated carbocycles. The maximum atomic E-state index is 11.9. The van der Waals surface area contributed by atoms with E-state index in [2.05, 4.69) is 9.31 Å². The highest BCUT2D eigenvalue weighted by Crippen LogP contribution is 2.39. The summed E-state index contributed by atoms with van der Waals surface area (Å²) in [5, 5.41) is 8.04. The van der Waals surface area contributed by atoms with Gasteiger partial charge in [-0.1, -0.05) is 0 Å². The lowest BCUT2D eigenvalue weighted by Crippen LogP contribution is -2.50. The summed E-state index contributed by atoms with van der Waals surface area (Å²) in [5.74, 6) is 0. The fourth-order valence-electron chi connectivity index (χ4n) is 0.411. The highest BCUT2D eigenvalue weighted by molar-refractivity contribution is 6.34. The Morgan fingerprint density at radius 3 is 1.00 bits per heavy atom. The maximum Gasteiger partial charge on any atom is 0.645 e. The second-order valence-corrected chi connectivity index (χ2v) is 2.57. The van der Waals surface area contributed by atoms with Crippen molar-refractivity contribution in [2.45, 2.75) is 24.6 Å². The van der Waals surface area contributed by atoms with Gasteiger partial charge in [-0.25, -0.2) is 0 Å². The highest BCUT2D eigenvalue weighted by Gasteiger charge is 2.65. The summed E-state index contributed by atoms with van der Waals surface area (Å²) in [5.41, 5.74) is 0. The number of hydrogen-bond acceptors (Lipinski definition) is 3. The van der Waals surface area contributed by atoms with Crippen molar-refractivity contribution in [1.82, 2.24) is 0 Å².